The molecule has 3 rings (SSSR count). The van der Waals surface area contributed by atoms with E-state index in [1.54, 1.807) is 28.6 Å². The van der Waals surface area contributed by atoms with Gasteiger partial charge >= 0.3 is 5.69 Å². The monoisotopic (exact) mass is 241 g/mol. The Morgan fingerprint density at radius 1 is 1.69 bits per heavy atom. The molecule has 1 saturated carbocycles. The number of ether oxygens (including phenoxy) is 1. The van der Waals surface area contributed by atoms with Gasteiger partial charge in [0.2, 0.25) is 0 Å². The predicted molar refractivity (Wildman–Crippen MR) is 59.1 cm³/mol. The van der Waals surface area contributed by atoms with Crippen LogP contribution < -0.4 is 11.4 Å². The topological polar surface area (TPSA) is 90.4 Å². The second-order valence-electron chi connectivity index (χ2n) is 3.85. The largest absolute Gasteiger partial charge is 0.393 e. The van der Waals surface area contributed by atoms with Crippen molar-refractivity contribution in [3.8, 4) is 0 Å². The molecule has 16 heavy (non-hydrogen) atoms. The van der Waals surface area contributed by atoms with Gasteiger partial charge in [0.1, 0.15) is 11.3 Å². The lowest BCUT2D eigenvalue weighted by molar-refractivity contribution is 0.0593. The Morgan fingerprint density at radius 2 is 2.50 bits per heavy atom. The molecule has 2 unspecified atom stereocenters. The molecule has 0 amide bonds. The Morgan fingerprint density at radius 3 is 3.06 bits per heavy atom. The second-order valence-corrected chi connectivity index (χ2v) is 5.19. The van der Waals surface area contributed by atoms with Crippen LogP contribution in [-0.2, 0) is 4.74 Å². The van der Waals surface area contributed by atoms with Crippen molar-refractivity contribution in [1.82, 2.24) is 9.55 Å². The lowest BCUT2D eigenvalue weighted by atomic mass is 10.5. The quantitative estimate of drug-likeness (QED) is 0.704. The average Bonchev–Trinajstić information content (AvgIpc) is 2.73. The van der Waals surface area contributed by atoms with Crippen LogP contribution in [0.25, 0.3) is 0 Å². The molecular formula is C9H11N3O3S. The van der Waals surface area contributed by atoms with E-state index < -0.39 is 0 Å². The highest BCUT2D eigenvalue weighted by Crippen LogP contribution is 2.55. The zero-order valence-electron chi connectivity index (χ0n) is 8.31. The minimum atomic E-state index is -0.343. The molecule has 2 aliphatic rings. The first-order valence-corrected chi connectivity index (χ1v) is 5.91. The molecule has 1 saturated heterocycles. The molecule has 1 aliphatic carbocycles. The molecule has 2 heterocycles. The second kappa shape index (κ2) is 3.47. The van der Waals surface area contributed by atoms with Crippen LogP contribution in [0.2, 0.25) is 0 Å². The predicted octanol–water partition coefficient (Wildman–Crippen LogP) is -0.801. The van der Waals surface area contributed by atoms with Crippen molar-refractivity contribution in [2.45, 2.75) is 22.8 Å². The van der Waals surface area contributed by atoms with Crippen molar-refractivity contribution >= 4 is 17.6 Å². The van der Waals surface area contributed by atoms with Crippen LogP contribution in [0.4, 0.5) is 5.82 Å². The minimum Gasteiger partial charge on any atom is -0.393 e. The van der Waals surface area contributed by atoms with Gasteiger partial charge in [0.15, 0.2) is 0 Å². The molecular weight excluding hydrogens is 230 g/mol. The van der Waals surface area contributed by atoms with Gasteiger partial charge in [0.25, 0.3) is 0 Å². The van der Waals surface area contributed by atoms with E-state index in [9.17, 15) is 4.79 Å². The molecule has 0 aromatic carbocycles. The third-order valence-electron chi connectivity index (χ3n) is 2.80. The van der Waals surface area contributed by atoms with Crippen molar-refractivity contribution in [2.24, 2.45) is 0 Å². The van der Waals surface area contributed by atoms with E-state index >= 15 is 0 Å². The number of hydrogen-bond acceptors (Lipinski definition) is 6. The summed E-state index contributed by atoms with van der Waals surface area (Å²) in [5.41, 5.74) is 4.92. The summed E-state index contributed by atoms with van der Waals surface area (Å²) in [7, 11) is 0. The molecule has 3 N–H and O–H groups in total. The van der Waals surface area contributed by atoms with Crippen LogP contribution >= 0.6 is 11.8 Å². The molecule has 2 fully saturated rings. The van der Waals surface area contributed by atoms with Crippen molar-refractivity contribution in [3.63, 3.8) is 0 Å². The number of nitrogen functional groups attached to an aromatic ring is 1. The molecule has 4 atom stereocenters. The van der Waals surface area contributed by atoms with Gasteiger partial charge in [-0.15, -0.1) is 11.8 Å². The van der Waals surface area contributed by atoms with E-state index in [4.69, 9.17) is 15.6 Å². The third-order valence-corrected chi connectivity index (χ3v) is 4.22. The Labute approximate surface area is 95.4 Å². The van der Waals surface area contributed by atoms with Crippen molar-refractivity contribution < 1.29 is 9.84 Å². The lowest BCUT2D eigenvalue weighted by Gasteiger charge is -2.12. The molecule has 0 radical (unpaired) electrons. The van der Waals surface area contributed by atoms with E-state index in [1.807, 2.05) is 0 Å². The standard InChI is InChI=1S/C9H11N3O3S/c10-4-1-2-12(9(14)11-4)6-7-8(6)16-5(3-13)15-7/h1-2,5-8,13H,3H2,(H2,10,11,14)/t5-,6?,7-,8?/m1/s1. The fourth-order valence-corrected chi connectivity index (χ4v) is 3.36. The van der Waals surface area contributed by atoms with Gasteiger partial charge in [-0.25, -0.2) is 4.79 Å². The number of aliphatic hydroxyl groups is 1. The number of aliphatic hydroxyl groups excluding tert-OH is 1. The number of hydrogen-bond donors (Lipinski definition) is 2. The van der Waals surface area contributed by atoms with E-state index in [2.05, 4.69) is 4.98 Å². The number of anilines is 1. The zero-order chi connectivity index (χ0) is 11.3. The Hall–Kier alpha value is -1.05. The van der Waals surface area contributed by atoms with Crippen LogP contribution in [0.5, 0.6) is 0 Å². The average molecular weight is 241 g/mol. The van der Waals surface area contributed by atoms with E-state index in [-0.39, 0.29) is 40.9 Å². The van der Waals surface area contributed by atoms with Gasteiger partial charge in [0.05, 0.1) is 24.0 Å². The van der Waals surface area contributed by atoms with Crippen LogP contribution in [0.3, 0.4) is 0 Å². The molecule has 1 aromatic heterocycles. The summed E-state index contributed by atoms with van der Waals surface area (Å²) in [5, 5.41) is 9.16. The lowest BCUT2D eigenvalue weighted by Crippen LogP contribution is -2.25. The highest BCUT2D eigenvalue weighted by molar-refractivity contribution is 8.01. The molecule has 1 aliphatic heterocycles. The summed E-state index contributed by atoms with van der Waals surface area (Å²) in [6.07, 6.45) is 1.66. The highest BCUT2D eigenvalue weighted by atomic mass is 32.2. The summed E-state index contributed by atoms with van der Waals surface area (Å²) in [6.45, 7) is 0.0132. The first-order valence-electron chi connectivity index (χ1n) is 4.97. The Bertz CT molecular complexity index is 465. The van der Waals surface area contributed by atoms with Gasteiger partial charge in [-0.1, -0.05) is 0 Å². The first-order chi connectivity index (χ1) is 7.70. The number of rotatable bonds is 2. The summed E-state index contributed by atoms with van der Waals surface area (Å²) in [6, 6.07) is 1.64. The maximum absolute atomic E-state index is 11.6. The minimum absolute atomic E-state index is 0.0132. The maximum atomic E-state index is 11.6. The van der Waals surface area contributed by atoms with Crippen LogP contribution in [0.15, 0.2) is 17.1 Å². The van der Waals surface area contributed by atoms with Gasteiger partial charge < -0.3 is 15.6 Å². The van der Waals surface area contributed by atoms with Crippen LogP contribution in [0, 0.1) is 0 Å². The van der Waals surface area contributed by atoms with Crippen LogP contribution in [0.1, 0.15) is 6.04 Å². The van der Waals surface area contributed by atoms with Crippen molar-refractivity contribution in [1.29, 1.82) is 0 Å². The van der Waals surface area contributed by atoms with E-state index in [1.165, 1.54) is 0 Å². The number of nitrogens with zero attached hydrogens (tertiary/aromatic N) is 2. The van der Waals surface area contributed by atoms with Crippen molar-refractivity contribution in [2.75, 3.05) is 12.3 Å². The smallest absolute Gasteiger partial charge is 0.349 e. The molecule has 0 bridgehead atoms. The molecule has 0 spiro atoms. The van der Waals surface area contributed by atoms with Crippen LogP contribution in [-0.4, -0.2) is 38.1 Å². The summed E-state index contributed by atoms with van der Waals surface area (Å²) in [4.78, 5) is 15.2. The Balaban J connectivity index is 1.80. The summed E-state index contributed by atoms with van der Waals surface area (Å²) in [5.74, 6) is 0.230. The summed E-state index contributed by atoms with van der Waals surface area (Å²) >= 11 is 1.56. The molecule has 1 aromatic rings. The fourth-order valence-electron chi connectivity index (χ4n) is 2.00. The number of nitrogens with two attached hydrogens (primary N) is 1. The maximum Gasteiger partial charge on any atom is 0.349 e. The third kappa shape index (κ3) is 1.43. The number of thioether (sulfide) groups is 1. The first kappa shape index (κ1) is 10.1. The van der Waals surface area contributed by atoms with Gasteiger partial charge in [-0.2, -0.15) is 4.98 Å². The SMILES string of the molecule is Nc1ccn(C2C3S[C@H](CO)O[C@@H]32)c(=O)n1. The zero-order valence-corrected chi connectivity index (χ0v) is 9.13. The molecule has 86 valence electrons. The Kier molecular flexibility index (Phi) is 2.20. The van der Waals surface area contributed by atoms with E-state index in [0.29, 0.717) is 0 Å². The van der Waals surface area contributed by atoms with Crippen molar-refractivity contribution in [3.05, 3.63) is 22.7 Å². The summed E-state index contributed by atoms with van der Waals surface area (Å²) < 4.78 is 7.08. The van der Waals surface area contributed by atoms with Gasteiger partial charge in [-0.05, 0) is 6.07 Å². The molecule has 6 nitrogen and oxygen atoms in total. The van der Waals surface area contributed by atoms with Gasteiger partial charge in [0, 0.05) is 6.20 Å². The molecule has 7 heteroatoms. The number of aromatic nitrogens is 2. The number of fused-ring (bicyclic) bond motifs is 1. The van der Waals surface area contributed by atoms with Gasteiger partial charge in [-0.3, -0.25) is 4.57 Å². The highest BCUT2D eigenvalue weighted by Gasteiger charge is 2.60. The fraction of sp³-hybridized carbons (Fsp3) is 0.556. The van der Waals surface area contributed by atoms with E-state index in [0.717, 1.165) is 0 Å². The normalized spacial score (nSPS) is 36.1.